The van der Waals surface area contributed by atoms with Crippen LogP contribution in [0, 0.1) is 5.92 Å². The van der Waals surface area contributed by atoms with Gasteiger partial charge in [-0.3, -0.25) is 4.79 Å². The normalized spacial score (nSPS) is 12.1. The Kier molecular flexibility index (Phi) is 7.50. The van der Waals surface area contributed by atoms with Gasteiger partial charge in [0.1, 0.15) is 5.76 Å². The fourth-order valence-corrected chi connectivity index (χ4v) is 4.27. The van der Waals surface area contributed by atoms with E-state index in [1.54, 1.807) is 6.26 Å². The van der Waals surface area contributed by atoms with E-state index in [4.69, 9.17) is 4.42 Å². The van der Waals surface area contributed by atoms with Crippen LogP contribution in [0.25, 0.3) is 0 Å². The average molecular weight is 417 g/mol. The molecule has 0 fully saturated rings. The van der Waals surface area contributed by atoms with Crippen molar-refractivity contribution in [1.82, 2.24) is 15.5 Å². The zero-order chi connectivity index (χ0) is 19.8. The first-order valence-corrected chi connectivity index (χ1v) is 11.0. The topological polar surface area (TPSA) is 80.0 Å². The number of carbonyl (C=O) groups is 1. The van der Waals surface area contributed by atoms with Crippen LogP contribution in [-0.2, 0) is 11.3 Å². The summed E-state index contributed by atoms with van der Waals surface area (Å²) >= 11 is 2.83. The van der Waals surface area contributed by atoms with Gasteiger partial charge in [0.15, 0.2) is 4.34 Å². The lowest BCUT2D eigenvalue weighted by Crippen LogP contribution is -2.30. The fourth-order valence-electron chi connectivity index (χ4n) is 2.71. The summed E-state index contributed by atoms with van der Waals surface area (Å²) in [5.41, 5.74) is 1.13. The van der Waals surface area contributed by atoms with Gasteiger partial charge in [0, 0.05) is 0 Å². The Labute approximate surface area is 173 Å². The third-order valence-corrected chi connectivity index (χ3v) is 5.99. The van der Waals surface area contributed by atoms with Gasteiger partial charge >= 0.3 is 0 Å². The Morgan fingerprint density at radius 3 is 2.71 bits per heavy atom. The van der Waals surface area contributed by atoms with Crippen LogP contribution in [0.4, 0.5) is 5.13 Å². The Hall–Kier alpha value is -2.32. The molecule has 0 aliphatic carbocycles. The van der Waals surface area contributed by atoms with Gasteiger partial charge in [-0.05, 0) is 30.0 Å². The van der Waals surface area contributed by atoms with E-state index in [1.165, 1.54) is 23.1 Å². The van der Waals surface area contributed by atoms with Crippen molar-refractivity contribution in [2.45, 2.75) is 37.2 Å². The second kappa shape index (κ2) is 10.3. The fraction of sp³-hybridized carbons (Fsp3) is 0.350. The minimum absolute atomic E-state index is 0.000187. The highest BCUT2D eigenvalue weighted by Gasteiger charge is 2.17. The Balaban J connectivity index is 1.49. The summed E-state index contributed by atoms with van der Waals surface area (Å²) in [6, 6.07) is 13.9. The SMILES string of the molecule is CC(C)C[C@H](NC(=O)CSc1nnc(NCc2ccco2)s1)c1ccccc1. The number of furan rings is 1. The maximum atomic E-state index is 12.5. The summed E-state index contributed by atoms with van der Waals surface area (Å²) in [5.74, 6) is 1.64. The molecule has 0 saturated carbocycles. The molecule has 2 aromatic heterocycles. The zero-order valence-electron chi connectivity index (χ0n) is 15.9. The Morgan fingerprint density at radius 1 is 1.18 bits per heavy atom. The molecule has 8 heteroatoms. The van der Waals surface area contributed by atoms with E-state index >= 15 is 0 Å². The molecule has 0 radical (unpaired) electrons. The second-order valence-electron chi connectivity index (χ2n) is 6.76. The van der Waals surface area contributed by atoms with Crippen LogP contribution in [0.5, 0.6) is 0 Å². The molecule has 0 aliphatic heterocycles. The minimum atomic E-state index is -0.000187. The first-order valence-electron chi connectivity index (χ1n) is 9.17. The van der Waals surface area contributed by atoms with E-state index in [9.17, 15) is 4.79 Å². The van der Waals surface area contributed by atoms with Crippen molar-refractivity contribution in [3.63, 3.8) is 0 Å². The first-order chi connectivity index (χ1) is 13.6. The standard InChI is InChI=1S/C20H24N4O2S2/c1-14(2)11-17(15-7-4-3-5-8-15)22-18(25)13-27-20-24-23-19(28-20)21-12-16-9-6-10-26-16/h3-10,14,17H,11-13H2,1-2H3,(H,21,23)(H,22,25)/t17-/m0/s1. The van der Waals surface area contributed by atoms with E-state index in [1.807, 2.05) is 30.3 Å². The molecule has 3 aromatic rings. The van der Waals surface area contributed by atoms with Gasteiger partial charge in [-0.25, -0.2) is 0 Å². The van der Waals surface area contributed by atoms with Crippen molar-refractivity contribution < 1.29 is 9.21 Å². The van der Waals surface area contributed by atoms with Crippen molar-refractivity contribution >= 4 is 34.1 Å². The lowest BCUT2D eigenvalue weighted by Gasteiger charge is -2.21. The van der Waals surface area contributed by atoms with Crippen LogP contribution in [0.15, 0.2) is 57.5 Å². The van der Waals surface area contributed by atoms with Crippen molar-refractivity contribution in [2.75, 3.05) is 11.1 Å². The van der Waals surface area contributed by atoms with Crippen LogP contribution in [0.1, 0.15) is 37.6 Å². The van der Waals surface area contributed by atoms with Gasteiger partial charge in [0.2, 0.25) is 11.0 Å². The Morgan fingerprint density at radius 2 is 2.00 bits per heavy atom. The molecule has 2 heterocycles. The smallest absolute Gasteiger partial charge is 0.230 e. The number of rotatable bonds is 10. The highest BCUT2D eigenvalue weighted by atomic mass is 32.2. The molecule has 148 valence electrons. The summed E-state index contributed by atoms with van der Waals surface area (Å²) in [5, 5.41) is 15.3. The number of nitrogens with zero attached hydrogens (tertiary/aromatic N) is 2. The van der Waals surface area contributed by atoms with Crippen LogP contribution in [0.3, 0.4) is 0 Å². The number of amides is 1. The average Bonchev–Trinajstić information content (AvgIpc) is 3.36. The van der Waals surface area contributed by atoms with Gasteiger partial charge in [-0.1, -0.05) is 67.3 Å². The van der Waals surface area contributed by atoms with Gasteiger partial charge in [0.25, 0.3) is 0 Å². The molecule has 0 bridgehead atoms. The maximum Gasteiger partial charge on any atom is 0.230 e. The molecule has 1 aromatic carbocycles. The quantitative estimate of drug-likeness (QED) is 0.465. The third-order valence-electron chi connectivity index (χ3n) is 3.97. The Bertz CT molecular complexity index is 850. The number of carbonyl (C=O) groups excluding carboxylic acids is 1. The van der Waals surface area contributed by atoms with Crippen molar-refractivity contribution in [1.29, 1.82) is 0 Å². The van der Waals surface area contributed by atoms with E-state index < -0.39 is 0 Å². The van der Waals surface area contributed by atoms with Crippen molar-refractivity contribution in [3.8, 4) is 0 Å². The highest BCUT2D eigenvalue weighted by Crippen LogP contribution is 2.26. The summed E-state index contributed by atoms with van der Waals surface area (Å²) in [6.45, 7) is 4.88. The molecule has 1 atom stereocenters. The number of aromatic nitrogens is 2. The number of thioether (sulfide) groups is 1. The zero-order valence-corrected chi connectivity index (χ0v) is 17.6. The number of nitrogens with one attached hydrogen (secondary N) is 2. The molecule has 3 rings (SSSR count). The summed E-state index contributed by atoms with van der Waals surface area (Å²) < 4.78 is 6.04. The van der Waals surface area contributed by atoms with Crippen molar-refractivity contribution in [2.24, 2.45) is 5.92 Å². The molecular formula is C20H24N4O2S2. The van der Waals surface area contributed by atoms with E-state index in [-0.39, 0.29) is 11.9 Å². The van der Waals surface area contributed by atoms with E-state index in [0.29, 0.717) is 23.3 Å². The summed E-state index contributed by atoms with van der Waals surface area (Å²) in [4.78, 5) is 12.5. The molecule has 0 spiro atoms. The third kappa shape index (κ3) is 6.38. The van der Waals surface area contributed by atoms with Crippen LogP contribution < -0.4 is 10.6 Å². The van der Waals surface area contributed by atoms with Crippen LogP contribution in [-0.4, -0.2) is 21.9 Å². The van der Waals surface area contributed by atoms with Gasteiger partial charge in [-0.15, -0.1) is 10.2 Å². The van der Waals surface area contributed by atoms with Gasteiger partial charge < -0.3 is 15.1 Å². The molecular weight excluding hydrogens is 392 g/mol. The number of anilines is 1. The second-order valence-corrected chi connectivity index (χ2v) is 8.96. The lowest BCUT2D eigenvalue weighted by molar-refractivity contribution is -0.119. The highest BCUT2D eigenvalue weighted by molar-refractivity contribution is 8.01. The van der Waals surface area contributed by atoms with Gasteiger partial charge in [-0.2, -0.15) is 0 Å². The number of benzene rings is 1. The molecule has 1 amide bonds. The molecule has 28 heavy (non-hydrogen) atoms. The lowest BCUT2D eigenvalue weighted by atomic mass is 9.97. The molecule has 0 unspecified atom stereocenters. The van der Waals surface area contributed by atoms with Crippen molar-refractivity contribution in [3.05, 3.63) is 60.1 Å². The summed E-state index contributed by atoms with van der Waals surface area (Å²) in [6.07, 6.45) is 2.54. The largest absolute Gasteiger partial charge is 0.467 e. The monoisotopic (exact) mass is 416 g/mol. The minimum Gasteiger partial charge on any atom is -0.467 e. The van der Waals surface area contributed by atoms with Crippen LogP contribution >= 0.6 is 23.1 Å². The number of hydrogen-bond donors (Lipinski definition) is 2. The summed E-state index contributed by atoms with van der Waals surface area (Å²) in [7, 11) is 0. The predicted octanol–water partition coefficient (Wildman–Crippen LogP) is 4.74. The maximum absolute atomic E-state index is 12.5. The van der Waals surface area contributed by atoms with E-state index in [0.717, 1.165) is 22.1 Å². The number of hydrogen-bond acceptors (Lipinski definition) is 7. The van der Waals surface area contributed by atoms with E-state index in [2.05, 4.69) is 46.8 Å². The van der Waals surface area contributed by atoms with Gasteiger partial charge in [0.05, 0.1) is 24.6 Å². The molecule has 0 aliphatic rings. The molecule has 6 nitrogen and oxygen atoms in total. The molecule has 2 N–H and O–H groups in total. The molecule has 0 saturated heterocycles. The van der Waals surface area contributed by atoms with Crippen LogP contribution in [0.2, 0.25) is 0 Å². The first kappa shape index (κ1) is 20.4. The predicted molar refractivity (Wildman–Crippen MR) is 113 cm³/mol.